The normalized spacial score (nSPS) is 22.6. The van der Waals surface area contributed by atoms with Gasteiger partial charge < -0.3 is 0 Å². The van der Waals surface area contributed by atoms with Gasteiger partial charge in [-0.25, -0.2) is 4.39 Å². The molecule has 106 valence electrons. The smallest absolute Gasteiger partial charge is 0.143 e. The molecule has 0 aromatic heterocycles. The summed E-state index contributed by atoms with van der Waals surface area (Å²) in [4.78, 5) is 0. The minimum absolute atomic E-state index is 0.138. The molecule has 1 aliphatic rings. The highest BCUT2D eigenvalue weighted by molar-refractivity contribution is 6.30. The van der Waals surface area contributed by atoms with Gasteiger partial charge in [-0.05, 0) is 61.8 Å². The lowest BCUT2D eigenvalue weighted by Crippen LogP contribution is -2.11. The molecule has 0 N–H and O–H groups in total. The molecule has 0 saturated heterocycles. The SMILES string of the molecule is CCC1CCC(C=CC#Cc2ccc(Cl)c(F)c2)CC1. The summed E-state index contributed by atoms with van der Waals surface area (Å²) in [6, 6.07) is 4.64. The summed E-state index contributed by atoms with van der Waals surface area (Å²) in [6.07, 6.45) is 10.6. The maximum atomic E-state index is 13.2. The van der Waals surface area contributed by atoms with Crippen LogP contribution in [0.4, 0.5) is 4.39 Å². The molecule has 2 rings (SSSR count). The molecule has 0 amide bonds. The summed E-state index contributed by atoms with van der Waals surface area (Å²) in [5.41, 5.74) is 0.659. The molecule has 0 unspecified atom stereocenters. The minimum Gasteiger partial charge on any atom is -0.205 e. The van der Waals surface area contributed by atoms with Crippen molar-refractivity contribution < 1.29 is 4.39 Å². The summed E-state index contributed by atoms with van der Waals surface area (Å²) in [7, 11) is 0. The van der Waals surface area contributed by atoms with Crippen LogP contribution in [0.1, 0.15) is 44.6 Å². The Kier molecular flexibility index (Phi) is 5.68. The summed E-state index contributed by atoms with van der Waals surface area (Å²) < 4.78 is 13.2. The largest absolute Gasteiger partial charge is 0.205 e. The van der Waals surface area contributed by atoms with Crippen LogP contribution in [0.25, 0.3) is 0 Å². The molecule has 0 atom stereocenters. The van der Waals surface area contributed by atoms with E-state index in [1.807, 2.05) is 6.08 Å². The molecule has 0 radical (unpaired) electrons. The number of allylic oxidation sites excluding steroid dienone is 2. The minimum atomic E-state index is -0.416. The van der Waals surface area contributed by atoms with Crippen LogP contribution >= 0.6 is 11.6 Å². The molecule has 2 heteroatoms. The number of hydrogen-bond donors (Lipinski definition) is 0. The van der Waals surface area contributed by atoms with Crippen LogP contribution in [0.2, 0.25) is 5.02 Å². The summed E-state index contributed by atoms with van der Waals surface area (Å²) >= 11 is 5.63. The average Bonchev–Trinajstić information content (AvgIpc) is 2.48. The van der Waals surface area contributed by atoms with Crippen LogP contribution in [0.3, 0.4) is 0 Å². The van der Waals surface area contributed by atoms with Gasteiger partial charge >= 0.3 is 0 Å². The van der Waals surface area contributed by atoms with Crippen molar-refractivity contribution in [2.45, 2.75) is 39.0 Å². The van der Waals surface area contributed by atoms with Gasteiger partial charge in [-0.3, -0.25) is 0 Å². The Hall–Kier alpha value is -1.26. The Morgan fingerprint density at radius 1 is 1.30 bits per heavy atom. The fourth-order valence-corrected chi connectivity index (χ4v) is 2.79. The average molecular weight is 291 g/mol. The van der Waals surface area contributed by atoms with Crippen molar-refractivity contribution in [2.24, 2.45) is 11.8 Å². The van der Waals surface area contributed by atoms with Crippen LogP contribution < -0.4 is 0 Å². The lowest BCUT2D eigenvalue weighted by Gasteiger charge is -2.25. The molecule has 1 aromatic carbocycles. The molecule has 0 aliphatic heterocycles. The fourth-order valence-electron chi connectivity index (χ4n) is 2.67. The second-order valence-corrected chi connectivity index (χ2v) is 5.85. The maximum absolute atomic E-state index is 13.2. The van der Waals surface area contributed by atoms with Gasteiger partial charge in [0.2, 0.25) is 0 Å². The fraction of sp³-hybridized carbons (Fsp3) is 0.444. The van der Waals surface area contributed by atoms with Crippen molar-refractivity contribution in [1.82, 2.24) is 0 Å². The third-order valence-electron chi connectivity index (χ3n) is 4.06. The van der Waals surface area contributed by atoms with Gasteiger partial charge in [-0.15, -0.1) is 0 Å². The monoisotopic (exact) mass is 290 g/mol. The van der Waals surface area contributed by atoms with Crippen molar-refractivity contribution in [3.63, 3.8) is 0 Å². The number of hydrogen-bond acceptors (Lipinski definition) is 0. The van der Waals surface area contributed by atoms with Crippen LogP contribution in [0, 0.1) is 29.5 Å². The van der Waals surface area contributed by atoms with E-state index < -0.39 is 5.82 Å². The van der Waals surface area contributed by atoms with E-state index in [0.717, 1.165) is 5.92 Å². The summed E-state index contributed by atoms with van der Waals surface area (Å²) in [6.45, 7) is 2.28. The number of halogens is 2. The van der Waals surface area contributed by atoms with Crippen LogP contribution in [0.15, 0.2) is 30.4 Å². The quantitative estimate of drug-likeness (QED) is 0.622. The molecular weight excluding hydrogens is 271 g/mol. The van der Waals surface area contributed by atoms with E-state index in [0.29, 0.717) is 11.5 Å². The summed E-state index contributed by atoms with van der Waals surface area (Å²) in [5.74, 6) is 7.08. The molecular formula is C18H20ClF. The third-order valence-corrected chi connectivity index (χ3v) is 4.36. The standard InChI is InChI=1S/C18H20ClF/c1-2-14-7-9-15(10-8-14)5-3-4-6-16-11-12-17(19)18(20)13-16/h3,5,11-15H,2,7-10H2,1H3. The van der Waals surface area contributed by atoms with E-state index >= 15 is 0 Å². The molecule has 0 nitrogen and oxygen atoms in total. The van der Waals surface area contributed by atoms with E-state index in [4.69, 9.17) is 11.6 Å². The first kappa shape index (κ1) is 15.1. The molecule has 1 aromatic rings. The highest BCUT2D eigenvalue weighted by Gasteiger charge is 2.17. The van der Waals surface area contributed by atoms with Gasteiger partial charge in [-0.1, -0.05) is 42.9 Å². The van der Waals surface area contributed by atoms with Gasteiger partial charge in [0.05, 0.1) is 5.02 Å². The van der Waals surface area contributed by atoms with E-state index in [9.17, 15) is 4.39 Å². The molecule has 1 saturated carbocycles. The third kappa shape index (κ3) is 4.39. The maximum Gasteiger partial charge on any atom is 0.143 e. The Balaban J connectivity index is 1.87. The van der Waals surface area contributed by atoms with Gasteiger partial charge in [0, 0.05) is 5.56 Å². The second-order valence-electron chi connectivity index (χ2n) is 5.45. The molecule has 20 heavy (non-hydrogen) atoms. The van der Waals surface area contributed by atoms with Gasteiger partial charge in [0.25, 0.3) is 0 Å². The molecule has 0 heterocycles. The zero-order valence-corrected chi connectivity index (χ0v) is 12.6. The van der Waals surface area contributed by atoms with E-state index in [2.05, 4.69) is 24.8 Å². The van der Waals surface area contributed by atoms with Crippen molar-refractivity contribution >= 4 is 11.6 Å². The predicted octanol–water partition coefficient (Wildman–Crippen LogP) is 5.60. The zero-order valence-electron chi connectivity index (χ0n) is 11.8. The van der Waals surface area contributed by atoms with Gasteiger partial charge in [0.1, 0.15) is 5.82 Å². The van der Waals surface area contributed by atoms with Crippen LogP contribution in [-0.4, -0.2) is 0 Å². The Morgan fingerprint density at radius 3 is 2.70 bits per heavy atom. The van der Waals surface area contributed by atoms with E-state index in [1.165, 1.54) is 44.2 Å². The first-order chi connectivity index (χ1) is 9.69. The van der Waals surface area contributed by atoms with Crippen molar-refractivity contribution in [1.29, 1.82) is 0 Å². The van der Waals surface area contributed by atoms with Gasteiger partial charge in [-0.2, -0.15) is 0 Å². The lowest BCUT2D eigenvalue weighted by atomic mass is 9.81. The molecule has 0 spiro atoms. The highest BCUT2D eigenvalue weighted by atomic mass is 35.5. The second kappa shape index (κ2) is 7.50. The molecule has 0 bridgehead atoms. The Labute approximate surface area is 126 Å². The molecule has 1 aliphatic carbocycles. The van der Waals surface area contributed by atoms with Crippen LogP contribution in [-0.2, 0) is 0 Å². The van der Waals surface area contributed by atoms with Crippen molar-refractivity contribution in [3.05, 3.63) is 46.8 Å². The Bertz CT molecular complexity index is 528. The number of benzene rings is 1. The zero-order chi connectivity index (χ0) is 14.4. The van der Waals surface area contributed by atoms with Crippen molar-refractivity contribution in [3.8, 4) is 11.8 Å². The predicted molar refractivity (Wildman–Crippen MR) is 83.2 cm³/mol. The van der Waals surface area contributed by atoms with Crippen LogP contribution in [0.5, 0.6) is 0 Å². The Morgan fingerprint density at radius 2 is 2.05 bits per heavy atom. The van der Waals surface area contributed by atoms with Gasteiger partial charge in [0.15, 0.2) is 0 Å². The summed E-state index contributed by atoms with van der Waals surface area (Å²) in [5, 5.41) is 0.138. The lowest BCUT2D eigenvalue weighted by molar-refractivity contribution is 0.304. The first-order valence-corrected chi connectivity index (χ1v) is 7.70. The number of rotatable bonds is 2. The van der Waals surface area contributed by atoms with E-state index in [1.54, 1.807) is 6.07 Å². The van der Waals surface area contributed by atoms with Crippen molar-refractivity contribution in [2.75, 3.05) is 0 Å². The first-order valence-electron chi connectivity index (χ1n) is 7.32. The van der Waals surface area contributed by atoms with E-state index in [-0.39, 0.29) is 5.02 Å². The topological polar surface area (TPSA) is 0 Å². The highest BCUT2D eigenvalue weighted by Crippen LogP contribution is 2.31. The molecule has 1 fully saturated rings.